The molecule has 0 aliphatic carbocycles. The molecular formula is C36H33N3O4S. The van der Waals surface area contributed by atoms with Crippen molar-refractivity contribution in [2.75, 3.05) is 5.75 Å². The van der Waals surface area contributed by atoms with E-state index in [0.717, 1.165) is 44.2 Å². The molecule has 44 heavy (non-hydrogen) atoms. The second kappa shape index (κ2) is 14.4. The molecule has 1 saturated heterocycles. The van der Waals surface area contributed by atoms with Crippen LogP contribution in [0.4, 0.5) is 0 Å². The molecule has 0 saturated carbocycles. The summed E-state index contributed by atoms with van der Waals surface area (Å²) in [5, 5.41) is 13.5. The van der Waals surface area contributed by atoms with Crippen LogP contribution in [0.25, 0.3) is 11.1 Å². The Labute approximate surface area is 261 Å². The Hall–Kier alpha value is -4.34. The van der Waals surface area contributed by atoms with E-state index in [-0.39, 0.29) is 24.7 Å². The van der Waals surface area contributed by atoms with Gasteiger partial charge in [-0.25, -0.2) is 4.98 Å². The van der Waals surface area contributed by atoms with Crippen LogP contribution in [0.2, 0.25) is 0 Å². The Morgan fingerprint density at radius 3 is 2.41 bits per heavy atom. The molecule has 8 heteroatoms. The number of rotatable bonds is 10. The minimum absolute atomic E-state index is 0.00718. The number of pyridine rings is 2. The first-order valence-corrected chi connectivity index (χ1v) is 15.6. The van der Waals surface area contributed by atoms with Gasteiger partial charge in [-0.05, 0) is 52.1 Å². The van der Waals surface area contributed by atoms with E-state index >= 15 is 0 Å². The number of hydrogen-bond acceptors (Lipinski definition) is 7. The number of benzene rings is 3. The van der Waals surface area contributed by atoms with Gasteiger partial charge in [0.15, 0.2) is 6.29 Å². The van der Waals surface area contributed by atoms with Gasteiger partial charge in [-0.2, -0.15) is 0 Å². The van der Waals surface area contributed by atoms with Gasteiger partial charge in [-0.1, -0.05) is 78.9 Å². The summed E-state index contributed by atoms with van der Waals surface area (Å²) in [7, 11) is 0. The average Bonchev–Trinajstić information content (AvgIpc) is 3.10. The first kappa shape index (κ1) is 29.7. The highest BCUT2D eigenvalue weighted by atomic mass is 32.2. The fraction of sp³-hybridized carbons (Fsp3) is 0.194. The molecule has 1 fully saturated rings. The quantitative estimate of drug-likeness (QED) is 0.168. The van der Waals surface area contributed by atoms with E-state index in [0.29, 0.717) is 18.5 Å². The molecule has 1 amide bonds. The number of ether oxygens (including phenoxy) is 2. The number of hydrogen-bond donors (Lipinski definition) is 2. The molecule has 0 spiro atoms. The highest BCUT2D eigenvalue weighted by Crippen LogP contribution is 2.40. The maximum atomic E-state index is 12.6. The lowest BCUT2D eigenvalue weighted by Crippen LogP contribution is -2.31. The number of nitrogens with one attached hydrogen (secondary N) is 1. The predicted octanol–water partition coefficient (Wildman–Crippen LogP) is 6.90. The topological polar surface area (TPSA) is 93.6 Å². The summed E-state index contributed by atoms with van der Waals surface area (Å²) in [5.74, 6) is 0.587. The van der Waals surface area contributed by atoms with Crippen molar-refractivity contribution in [2.24, 2.45) is 0 Å². The van der Waals surface area contributed by atoms with Crippen LogP contribution >= 0.6 is 11.8 Å². The summed E-state index contributed by atoms with van der Waals surface area (Å²) in [6, 6.07) is 33.6. The van der Waals surface area contributed by atoms with Crippen molar-refractivity contribution in [1.29, 1.82) is 0 Å². The van der Waals surface area contributed by atoms with Crippen LogP contribution in [0.1, 0.15) is 51.4 Å². The van der Waals surface area contributed by atoms with Crippen LogP contribution in [0.5, 0.6) is 0 Å². The second-order valence-electron chi connectivity index (χ2n) is 10.5. The van der Waals surface area contributed by atoms with Gasteiger partial charge >= 0.3 is 0 Å². The molecule has 2 aromatic heterocycles. The number of thioether (sulfide) groups is 1. The zero-order valence-corrected chi connectivity index (χ0v) is 24.9. The fourth-order valence-electron chi connectivity index (χ4n) is 5.18. The number of aliphatic hydroxyl groups excluding tert-OH is 1. The smallest absolute Gasteiger partial charge is 0.253 e. The molecule has 222 valence electrons. The first-order chi connectivity index (χ1) is 21.7. The van der Waals surface area contributed by atoms with Crippen LogP contribution in [-0.4, -0.2) is 32.8 Å². The van der Waals surface area contributed by atoms with E-state index in [9.17, 15) is 9.90 Å². The minimum atomic E-state index is -0.538. The van der Waals surface area contributed by atoms with E-state index in [1.807, 2.05) is 72.8 Å². The van der Waals surface area contributed by atoms with Crippen LogP contribution in [0.15, 0.2) is 127 Å². The van der Waals surface area contributed by atoms with Crippen molar-refractivity contribution in [3.05, 3.63) is 150 Å². The Morgan fingerprint density at radius 2 is 1.66 bits per heavy atom. The summed E-state index contributed by atoms with van der Waals surface area (Å²) in [6.45, 7) is 0.403. The molecule has 7 nitrogen and oxygen atoms in total. The number of carbonyl (C=O) groups is 1. The number of amides is 1. The number of nitrogens with zero attached hydrogens (tertiary/aromatic N) is 2. The Bertz CT molecular complexity index is 1650. The highest BCUT2D eigenvalue weighted by molar-refractivity contribution is 7.99. The summed E-state index contributed by atoms with van der Waals surface area (Å²) in [4.78, 5) is 21.1. The van der Waals surface area contributed by atoms with E-state index < -0.39 is 6.29 Å². The number of aliphatic hydroxyl groups is 1. The van der Waals surface area contributed by atoms with Gasteiger partial charge < -0.3 is 19.9 Å². The maximum absolute atomic E-state index is 12.6. The van der Waals surface area contributed by atoms with Gasteiger partial charge in [0.25, 0.3) is 5.91 Å². The monoisotopic (exact) mass is 603 g/mol. The van der Waals surface area contributed by atoms with Gasteiger partial charge in [0.1, 0.15) is 0 Å². The lowest BCUT2D eigenvalue weighted by Gasteiger charge is -2.36. The van der Waals surface area contributed by atoms with E-state index in [4.69, 9.17) is 9.47 Å². The van der Waals surface area contributed by atoms with E-state index in [1.165, 1.54) is 0 Å². The van der Waals surface area contributed by atoms with Gasteiger partial charge in [0.05, 0.1) is 29.4 Å². The Morgan fingerprint density at radius 1 is 0.864 bits per heavy atom. The van der Waals surface area contributed by atoms with Crippen molar-refractivity contribution in [1.82, 2.24) is 15.3 Å². The SMILES string of the molecule is O=C(NCc1ccccc1-c1ccc([C@H]2O[C@@H](CSc3ccccn3)C[C@@H](c3ccc(CO)cc3)O2)cc1)c1cccnc1. The molecular weight excluding hydrogens is 570 g/mol. The third-order valence-corrected chi connectivity index (χ3v) is 8.62. The summed E-state index contributed by atoms with van der Waals surface area (Å²) >= 11 is 1.68. The summed E-state index contributed by atoms with van der Waals surface area (Å²) in [6.07, 6.45) is 4.98. The number of aromatic nitrogens is 2. The van der Waals surface area contributed by atoms with Gasteiger partial charge in [-0.15, -0.1) is 11.8 Å². The molecule has 6 rings (SSSR count). The predicted molar refractivity (Wildman–Crippen MR) is 171 cm³/mol. The molecule has 3 heterocycles. The van der Waals surface area contributed by atoms with Gasteiger partial charge in [-0.3, -0.25) is 9.78 Å². The van der Waals surface area contributed by atoms with Gasteiger partial charge in [0.2, 0.25) is 0 Å². The standard InChI is InChI=1S/C36H33N3O4S/c40-23-25-10-12-27(13-11-25)33-20-31(24-44-34-9-3-4-19-38-34)42-36(43-33)28-16-14-26(15-17-28)32-8-2-1-6-29(32)22-39-35(41)30-7-5-18-37-21-30/h1-19,21,31,33,36,40H,20,22-24H2,(H,39,41)/t31-,33+,36+/m1/s1. The first-order valence-electron chi connectivity index (χ1n) is 14.6. The molecule has 1 aliphatic heterocycles. The third-order valence-electron chi connectivity index (χ3n) is 7.54. The summed E-state index contributed by atoms with van der Waals surface area (Å²) in [5.41, 5.74) is 6.48. The van der Waals surface area contributed by atoms with Crippen LogP contribution in [0, 0.1) is 0 Å². The molecule has 2 N–H and O–H groups in total. The molecule has 3 aromatic carbocycles. The van der Waals surface area contributed by atoms with Crippen molar-refractivity contribution < 1.29 is 19.4 Å². The Balaban J connectivity index is 1.19. The van der Waals surface area contributed by atoms with Crippen LogP contribution < -0.4 is 5.32 Å². The molecule has 0 radical (unpaired) electrons. The highest BCUT2D eigenvalue weighted by Gasteiger charge is 2.32. The van der Waals surface area contributed by atoms with Crippen molar-refractivity contribution in [2.45, 2.75) is 43.1 Å². The lowest BCUT2D eigenvalue weighted by atomic mass is 9.97. The Kier molecular flexibility index (Phi) is 9.74. The van der Waals surface area contributed by atoms with Crippen molar-refractivity contribution in [3.63, 3.8) is 0 Å². The maximum Gasteiger partial charge on any atom is 0.253 e. The molecule has 3 atom stereocenters. The minimum Gasteiger partial charge on any atom is -0.392 e. The average molecular weight is 604 g/mol. The largest absolute Gasteiger partial charge is 0.392 e. The lowest BCUT2D eigenvalue weighted by molar-refractivity contribution is -0.245. The number of carbonyl (C=O) groups excluding carboxylic acids is 1. The molecule has 0 unspecified atom stereocenters. The fourth-order valence-corrected chi connectivity index (χ4v) is 6.07. The zero-order chi connectivity index (χ0) is 30.1. The summed E-state index contributed by atoms with van der Waals surface area (Å²) < 4.78 is 13.0. The molecule has 5 aromatic rings. The van der Waals surface area contributed by atoms with Crippen molar-refractivity contribution in [3.8, 4) is 11.1 Å². The van der Waals surface area contributed by atoms with Gasteiger partial charge in [0, 0.05) is 42.9 Å². The zero-order valence-electron chi connectivity index (χ0n) is 24.1. The van der Waals surface area contributed by atoms with Crippen LogP contribution in [-0.2, 0) is 22.6 Å². The van der Waals surface area contributed by atoms with Crippen molar-refractivity contribution >= 4 is 17.7 Å². The second-order valence-corrected chi connectivity index (χ2v) is 11.6. The third kappa shape index (κ3) is 7.41. The van der Waals surface area contributed by atoms with Crippen LogP contribution in [0.3, 0.4) is 0 Å². The van der Waals surface area contributed by atoms with E-state index in [2.05, 4.69) is 33.5 Å². The van der Waals surface area contributed by atoms with E-state index in [1.54, 1.807) is 42.5 Å². The normalized spacial score (nSPS) is 18.1. The molecule has 1 aliphatic rings. The molecule has 0 bridgehead atoms.